The summed E-state index contributed by atoms with van der Waals surface area (Å²) in [6, 6.07) is 14.4. The Bertz CT molecular complexity index is 1070. The zero-order chi connectivity index (χ0) is 19.6. The lowest BCUT2D eigenvalue weighted by molar-refractivity contribution is 0.0775. The molecule has 5 nitrogen and oxygen atoms in total. The second-order valence-electron chi connectivity index (χ2n) is 6.15. The molecule has 138 valence electrons. The zero-order valence-electron chi connectivity index (χ0n) is 14.8. The molecule has 2 aromatic carbocycles. The Balaban J connectivity index is 1.96. The van der Waals surface area contributed by atoms with Crippen molar-refractivity contribution >= 4 is 17.5 Å². The second kappa shape index (κ2) is 7.72. The standard InChI is InChI=1S/C20H17ClFN3O2/c1-13-10-18(26)19(23-25(13)17-9-4-3-8-16(17)22)20(27)24(2)12-14-6-5-7-15(21)11-14/h3-11H,12H2,1-2H3. The monoisotopic (exact) mass is 385 g/mol. The number of amides is 1. The van der Waals surface area contributed by atoms with Gasteiger partial charge in [-0.25, -0.2) is 9.07 Å². The summed E-state index contributed by atoms with van der Waals surface area (Å²) >= 11 is 5.97. The largest absolute Gasteiger partial charge is 0.336 e. The molecule has 0 fully saturated rings. The van der Waals surface area contributed by atoms with Crippen LogP contribution in [-0.2, 0) is 6.54 Å². The Labute approximate surface area is 160 Å². The molecule has 1 heterocycles. The second-order valence-corrected chi connectivity index (χ2v) is 6.59. The number of carbonyl (C=O) groups excluding carboxylic acids is 1. The van der Waals surface area contributed by atoms with Crippen LogP contribution in [0.5, 0.6) is 0 Å². The van der Waals surface area contributed by atoms with E-state index in [1.165, 1.54) is 27.8 Å². The van der Waals surface area contributed by atoms with Gasteiger partial charge in [-0.3, -0.25) is 9.59 Å². The molecule has 0 saturated carbocycles. The van der Waals surface area contributed by atoms with Crippen LogP contribution in [0.2, 0.25) is 5.02 Å². The first kappa shape index (κ1) is 18.8. The molecule has 0 bridgehead atoms. The van der Waals surface area contributed by atoms with Gasteiger partial charge in [0, 0.05) is 30.4 Å². The number of hydrogen-bond acceptors (Lipinski definition) is 3. The quantitative estimate of drug-likeness (QED) is 0.689. The Morgan fingerprint density at radius 2 is 1.93 bits per heavy atom. The molecule has 0 aliphatic heterocycles. The van der Waals surface area contributed by atoms with Crippen LogP contribution in [0.1, 0.15) is 21.7 Å². The summed E-state index contributed by atoms with van der Waals surface area (Å²) in [6.45, 7) is 1.89. The van der Waals surface area contributed by atoms with Crippen molar-refractivity contribution in [2.75, 3.05) is 7.05 Å². The van der Waals surface area contributed by atoms with Crippen LogP contribution in [0.15, 0.2) is 59.4 Å². The van der Waals surface area contributed by atoms with E-state index in [4.69, 9.17) is 11.6 Å². The Kier molecular flexibility index (Phi) is 5.37. The molecular weight excluding hydrogens is 369 g/mol. The maximum Gasteiger partial charge on any atom is 0.278 e. The SMILES string of the molecule is Cc1cc(=O)c(C(=O)N(C)Cc2cccc(Cl)c2)nn1-c1ccccc1F. The normalized spacial score (nSPS) is 10.7. The van der Waals surface area contributed by atoms with Gasteiger partial charge in [0.2, 0.25) is 5.43 Å². The summed E-state index contributed by atoms with van der Waals surface area (Å²) in [5.41, 5.74) is 0.636. The highest BCUT2D eigenvalue weighted by Gasteiger charge is 2.20. The van der Waals surface area contributed by atoms with Crippen molar-refractivity contribution in [1.82, 2.24) is 14.7 Å². The van der Waals surface area contributed by atoms with Gasteiger partial charge >= 0.3 is 0 Å². The van der Waals surface area contributed by atoms with E-state index in [-0.39, 0.29) is 17.9 Å². The number of halogens is 2. The minimum atomic E-state index is -0.551. The molecule has 0 N–H and O–H groups in total. The van der Waals surface area contributed by atoms with Crippen molar-refractivity contribution in [3.05, 3.63) is 92.6 Å². The van der Waals surface area contributed by atoms with E-state index in [1.807, 2.05) is 6.07 Å². The van der Waals surface area contributed by atoms with Crippen LogP contribution in [0, 0.1) is 12.7 Å². The predicted molar refractivity (Wildman–Crippen MR) is 102 cm³/mol. The molecule has 0 aliphatic carbocycles. The summed E-state index contributed by atoms with van der Waals surface area (Å²) in [6.07, 6.45) is 0. The molecule has 7 heteroatoms. The highest BCUT2D eigenvalue weighted by molar-refractivity contribution is 6.30. The third-order valence-corrected chi connectivity index (χ3v) is 4.28. The van der Waals surface area contributed by atoms with E-state index >= 15 is 0 Å². The fourth-order valence-electron chi connectivity index (χ4n) is 2.72. The summed E-state index contributed by atoms with van der Waals surface area (Å²) in [4.78, 5) is 26.5. The molecule has 0 atom stereocenters. The molecular formula is C20H17ClFN3O2. The number of para-hydroxylation sites is 1. The van der Waals surface area contributed by atoms with E-state index in [2.05, 4.69) is 5.10 Å². The predicted octanol–water partition coefficient (Wildman–Crippen LogP) is 3.61. The molecule has 0 spiro atoms. The molecule has 1 amide bonds. The lowest BCUT2D eigenvalue weighted by Crippen LogP contribution is -2.33. The Morgan fingerprint density at radius 3 is 2.63 bits per heavy atom. The first-order valence-corrected chi connectivity index (χ1v) is 8.60. The highest BCUT2D eigenvalue weighted by atomic mass is 35.5. The molecule has 27 heavy (non-hydrogen) atoms. The van der Waals surface area contributed by atoms with E-state index in [1.54, 1.807) is 44.3 Å². The summed E-state index contributed by atoms with van der Waals surface area (Å²) in [5, 5.41) is 4.69. The fourth-order valence-corrected chi connectivity index (χ4v) is 2.94. The topological polar surface area (TPSA) is 55.2 Å². The molecule has 0 radical (unpaired) electrons. The van der Waals surface area contributed by atoms with Crippen molar-refractivity contribution in [2.45, 2.75) is 13.5 Å². The molecule has 0 saturated heterocycles. The third kappa shape index (κ3) is 4.06. The number of nitrogens with zero attached hydrogens (tertiary/aromatic N) is 3. The van der Waals surface area contributed by atoms with Crippen molar-refractivity contribution in [3.63, 3.8) is 0 Å². The van der Waals surface area contributed by atoms with Crippen molar-refractivity contribution < 1.29 is 9.18 Å². The first-order chi connectivity index (χ1) is 12.9. The van der Waals surface area contributed by atoms with E-state index in [9.17, 15) is 14.0 Å². The Hall–Kier alpha value is -2.99. The van der Waals surface area contributed by atoms with E-state index in [0.717, 1.165) is 5.56 Å². The smallest absolute Gasteiger partial charge is 0.278 e. The maximum atomic E-state index is 14.1. The van der Waals surface area contributed by atoms with Gasteiger partial charge in [0.1, 0.15) is 11.5 Å². The van der Waals surface area contributed by atoms with Crippen molar-refractivity contribution in [3.8, 4) is 5.69 Å². The van der Waals surface area contributed by atoms with Crippen molar-refractivity contribution in [2.24, 2.45) is 0 Å². The number of hydrogen-bond donors (Lipinski definition) is 0. The van der Waals surface area contributed by atoms with Gasteiger partial charge in [0.25, 0.3) is 5.91 Å². The van der Waals surface area contributed by atoms with Crippen LogP contribution in [0.3, 0.4) is 0 Å². The molecule has 0 unspecified atom stereocenters. The van der Waals surface area contributed by atoms with Crippen LogP contribution in [0.25, 0.3) is 5.69 Å². The summed E-state index contributed by atoms with van der Waals surface area (Å²) in [7, 11) is 1.57. The van der Waals surface area contributed by atoms with Gasteiger partial charge in [-0.1, -0.05) is 35.9 Å². The minimum Gasteiger partial charge on any atom is -0.336 e. The van der Waals surface area contributed by atoms with Crippen LogP contribution in [0.4, 0.5) is 4.39 Å². The number of aryl methyl sites for hydroxylation is 1. The van der Waals surface area contributed by atoms with Crippen LogP contribution in [-0.4, -0.2) is 27.6 Å². The number of benzene rings is 2. The lowest BCUT2D eigenvalue weighted by atomic mass is 10.2. The zero-order valence-corrected chi connectivity index (χ0v) is 15.6. The van der Waals surface area contributed by atoms with Gasteiger partial charge in [-0.15, -0.1) is 0 Å². The Morgan fingerprint density at radius 1 is 1.19 bits per heavy atom. The molecule has 1 aromatic heterocycles. The van der Waals surface area contributed by atoms with E-state index < -0.39 is 17.2 Å². The molecule has 3 rings (SSSR count). The highest BCUT2D eigenvalue weighted by Crippen LogP contribution is 2.15. The average Bonchev–Trinajstić information content (AvgIpc) is 2.62. The fraction of sp³-hybridized carbons (Fsp3) is 0.150. The molecule has 3 aromatic rings. The van der Waals surface area contributed by atoms with Gasteiger partial charge < -0.3 is 4.90 Å². The van der Waals surface area contributed by atoms with Gasteiger partial charge in [-0.05, 0) is 36.8 Å². The van der Waals surface area contributed by atoms with Gasteiger partial charge in [0.05, 0.1) is 0 Å². The van der Waals surface area contributed by atoms with Crippen LogP contribution < -0.4 is 5.43 Å². The third-order valence-electron chi connectivity index (χ3n) is 4.05. The number of carbonyl (C=O) groups is 1. The number of aromatic nitrogens is 2. The van der Waals surface area contributed by atoms with Gasteiger partial charge in [-0.2, -0.15) is 5.10 Å². The van der Waals surface area contributed by atoms with Crippen molar-refractivity contribution in [1.29, 1.82) is 0 Å². The van der Waals surface area contributed by atoms with E-state index in [0.29, 0.717) is 10.7 Å². The molecule has 0 aliphatic rings. The van der Waals surface area contributed by atoms with Crippen LogP contribution >= 0.6 is 11.6 Å². The lowest BCUT2D eigenvalue weighted by Gasteiger charge is -2.18. The summed E-state index contributed by atoms with van der Waals surface area (Å²) < 4.78 is 15.4. The van der Waals surface area contributed by atoms with Gasteiger partial charge in [0.15, 0.2) is 5.69 Å². The minimum absolute atomic E-state index is 0.168. The summed E-state index contributed by atoms with van der Waals surface area (Å²) in [5.74, 6) is -1.05. The first-order valence-electron chi connectivity index (χ1n) is 8.22. The number of rotatable bonds is 4. The maximum absolute atomic E-state index is 14.1. The average molecular weight is 386 g/mol.